The number of allylic oxidation sites excluding steroid dienone is 1. The lowest BCUT2D eigenvalue weighted by molar-refractivity contribution is -0.136. The zero-order valence-corrected chi connectivity index (χ0v) is 12.1. The summed E-state index contributed by atoms with van der Waals surface area (Å²) >= 11 is 5.25. The standard InChI is InChI=1S/C13H16N2O3S/c1-7-5-6-9(18-7)11-10(12(16)17-4)8(2)15(3)13(19)14-11/h5-6,11H,1-4H3,(H,14,19). The van der Waals surface area contributed by atoms with Crippen molar-refractivity contribution in [2.24, 2.45) is 0 Å². The number of methoxy groups -OCH3 is 1. The van der Waals surface area contributed by atoms with Crippen LogP contribution in [0.1, 0.15) is 24.5 Å². The number of ether oxygens (including phenoxy) is 1. The van der Waals surface area contributed by atoms with Gasteiger partial charge >= 0.3 is 5.97 Å². The minimum atomic E-state index is -0.412. The molecule has 19 heavy (non-hydrogen) atoms. The van der Waals surface area contributed by atoms with Gasteiger partial charge in [0.05, 0.1) is 12.7 Å². The van der Waals surface area contributed by atoms with Gasteiger partial charge in [0.2, 0.25) is 0 Å². The van der Waals surface area contributed by atoms with Crippen molar-refractivity contribution in [3.63, 3.8) is 0 Å². The monoisotopic (exact) mass is 280 g/mol. The number of nitrogens with zero attached hydrogens (tertiary/aromatic N) is 1. The van der Waals surface area contributed by atoms with Gasteiger partial charge in [-0.15, -0.1) is 0 Å². The quantitative estimate of drug-likeness (QED) is 0.659. The van der Waals surface area contributed by atoms with Gasteiger partial charge in [0.15, 0.2) is 5.11 Å². The van der Waals surface area contributed by atoms with E-state index < -0.39 is 12.0 Å². The molecule has 1 N–H and O–H groups in total. The van der Waals surface area contributed by atoms with Crippen LogP contribution < -0.4 is 5.32 Å². The molecule has 0 bridgehead atoms. The molecule has 1 atom stereocenters. The Labute approximate surface area is 117 Å². The van der Waals surface area contributed by atoms with Crippen molar-refractivity contribution < 1.29 is 13.9 Å². The van der Waals surface area contributed by atoms with Crippen molar-refractivity contribution in [3.05, 3.63) is 34.9 Å². The Morgan fingerprint density at radius 3 is 2.68 bits per heavy atom. The van der Waals surface area contributed by atoms with Crippen LogP contribution in [-0.2, 0) is 9.53 Å². The summed E-state index contributed by atoms with van der Waals surface area (Å²) in [5.74, 6) is 1.04. The second-order valence-electron chi connectivity index (χ2n) is 4.38. The average molecular weight is 280 g/mol. The number of hydrogen-bond donors (Lipinski definition) is 1. The molecule has 2 rings (SSSR count). The minimum Gasteiger partial charge on any atom is -0.466 e. The molecule has 0 radical (unpaired) electrons. The molecule has 102 valence electrons. The minimum absolute atomic E-state index is 0.390. The van der Waals surface area contributed by atoms with E-state index >= 15 is 0 Å². The fourth-order valence-corrected chi connectivity index (χ4v) is 2.29. The SMILES string of the molecule is COC(=O)C1=C(C)N(C)C(=S)NC1c1ccc(C)o1. The molecular weight excluding hydrogens is 264 g/mol. The molecular formula is C13H16N2O3S. The van der Waals surface area contributed by atoms with Gasteiger partial charge in [-0.2, -0.15) is 0 Å². The first-order valence-electron chi connectivity index (χ1n) is 5.85. The van der Waals surface area contributed by atoms with Gasteiger partial charge in [-0.25, -0.2) is 4.79 Å². The summed E-state index contributed by atoms with van der Waals surface area (Å²) < 4.78 is 10.5. The molecule has 1 aliphatic heterocycles. The Kier molecular flexibility index (Phi) is 3.61. The smallest absolute Gasteiger partial charge is 0.338 e. The topological polar surface area (TPSA) is 54.7 Å². The van der Waals surface area contributed by atoms with E-state index in [-0.39, 0.29) is 0 Å². The van der Waals surface area contributed by atoms with E-state index in [0.29, 0.717) is 16.4 Å². The highest BCUT2D eigenvalue weighted by molar-refractivity contribution is 7.80. The molecule has 0 aromatic carbocycles. The maximum Gasteiger partial charge on any atom is 0.338 e. The van der Waals surface area contributed by atoms with E-state index in [0.717, 1.165) is 11.5 Å². The third-order valence-electron chi connectivity index (χ3n) is 3.21. The predicted octanol–water partition coefficient (Wildman–Crippen LogP) is 1.90. The largest absolute Gasteiger partial charge is 0.466 e. The van der Waals surface area contributed by atoms with Crippen LogP contribution in [-0.4, -0.2) is 30.1 Å². The molecule has 0 aliphatic carbocycles. The van der Waals surface area contributed by atoms with E-state index in [4.69, 9.17) is 21.4 Å². The molecule has 0 fully saturated rings. The van der Waals surface area contributed by atoms with Crippen LogP contribution in [0, 0.1) is 6.92 Å². The van der Waals surface area contributed by atoms with Gasteiger partial charge < -0.3 is 19.4 Å². The van der Waals surface area contributed by atoms with Crippen molar-refractivity contribution in [1.82, 2.24) is 10.2 Å². The molecule has 2 heterocycles. The molecule has 0 saturated carbocycles. The number of thiocarbonyl (C=S) groups is 1. The normalized spacial score (nSPS) is 19.5. The highest BCUT2D eigenvalue weighted by Gasteiger charge is 2.34. The summed E-state index contributed by atoms with van der Waals surface area (Å²) in [5, 5.41) is 3.64. The summed E-state index contributed by atoms with van der Waals surface area (Å²) in [4.78, 5) is 13.7. The van der Waals surface area contributed by atoms with Crippen LogP contribution in [0.15, 0.2) is 27.8 Å². The van der Waals surface area contributed by atoms with E-state index in [1.165, 1.54) is 7.11 Å². The van der Waals surface area contributed by atoms with Crippen LogP contribution in [0.5, 0.6) is 0 Å². The van der Waals surface area contributed by atoms with E-state index in [9.17, 15) is 4.79 Å². The Bertz CT molecular complexity index is 562. The van der Waals surface area contributed by atoms with Gasteiger partial charge in [0.1, 0.15) is 17.6 Å². The summed E-state index contributed by atoms with van der Waals surface area (Å²) in [6.45, 7) is 3.69. The highest BCUT2D eigenvalue weighted by Crippen LogP contribution is 2.31. The van der Waals surface area contributed by atoms with Crippen molar-refractivity contribution in [2.75, 3.05) is 14.2 Å². The zero-order chi connectivity index (χ0) is 14.2. The third kappa shape index (κ3) is 2.35. The number of aryl methyl sites for hydroxylation is 1. The number of carbonyl (C=O) groups excluding carboxylic acids is 1. The van der Waals surface area contributed by atoms with E-state index in [1.807, 2.05) is 26.0 Å². The molecule has 1 aromatic heterocycles. The van der Waals surface area contributed by atoms with E-state index in [1.54, 1.807) is 11.9 Å². The van der Waals surface area contributed by atoms with Crippen molar-refractivity contribution in [3.8, 4) is 0 Å². The van der Waals surface area contributed by atoms with Gasteiger partial charge in [-0.1, -0.05) is 0 Å². The lowest BCUT2D eigenvalue weighted by Crippen LogP contribution is -2.45. The highest BCUT2D eigenvalue weighted by atomic mass is 32.1. The molecule has 0 spiro atoms. The first kappa shape index (κ1) is 13.6. The molecule has 1 aliphatic rings. The van der Waals surface area contributed by atoms with Crippen molar-refractivity contribution in [1.29, 1.82) is 0 Å². The molecule has 0 saturated heterocycles. The predicted molar refractivity (Wildman–Crippen MR) is 74.4 cm³/mol. The second kappa shape index (κ2) is 5.05. The fourth-order valence-electron chi connectivity index (χ4n) is 2.03. The summed E-state index contributed by atoms with van der Waals surface area (Å²) in [6.07, 6.45) is 0. The summed E-state index contributed by atoms with van der Waals surface area (Å²) in [7, 11) is 3.16. The number of hydrogen-bond acceptors (Lipinski definition) is 4. The van der Waals surface area contributed by atoms with Crippen LogP contribution in [0.25, 0.3) is 0 Å². The maximum absolute atomic E-state index is 12.0. The number of carbonyl (C=O) groups is 1. The molecule has 1 aromatic rings. The van der Waals surface area contributed by atoms with Crippen LogP contribution in [0.3, 0.4) is 0 Å². The fraction of sp³-hybridized carbons (Fsp3) is 0.385. The summed E-state index contributed by atoms with van der Waals surface area (Å²) in [6, 6.07) is 3.27. The van der Waals surface area contributed by atoms with Crippen LogP contribution in [0.2, 0.25) is 0 Å². The number of esters is 1. The number of nitrogens with one attached hydrogen (secondary N) is 1. The van der Waals surface area contributed by atoms with Gasteiger partial charge in [0.25, 0.3) is 0 Å². The average Bonchev–Trinajstić information content (AvgIpc) is 2.81. The molecule has 5 nitrogen and oxygen atoms in total. The lowest BCUT2D eigenvalue weighted by Gasteiger charge is -2.34. The molecule has 0 amide bonds. The number of rotatable bonds is 2. The Balaban J connectivity index is 2.51. The van der Waals surface area contributed by atoms with Crippen LogP contribution in [0.4, 0.5) is 0 Å². The second-order valence-corrected chi connectivity index (χ2v) is 4.77. The maximum atomic E-state index is 12.0. The molecule has 6 heteroatoms. The zero-order valence-electron chi connectivity index (χ0n) is 11.3. The van der Waals surface area contributed by atoms with Gasteiger partial charge in [0, 0.05) is 12.7 Å². The van der Waals surface area contributed by atoms with Crippen molar-refractivity contribution in [2.45, 2.75) is 19.9 Å². The lowest BCUT2D eigenvalue weighted by atomic mass is 10.0. The Morgan fingerprint density at radius 1 is 1.47 bits per heavy atom. The number of furan rings is 1. The first-order chi connectivity index (χ1) is 8.95. The van der Waals surface area contributed by atoms with Gasteiger partial charge in [-0.05, 0) is 38.2 Å². The van der Waals surface area contributed by atoms with Gasteiger partial charge in [-0.3, -0.25) is 0 Å². The van der Waals surface area contributed by atoms with E-state index in [2.05, 4.69) is 5.32 Å². The molecule has 1 unspecified atom stereocenters. The summed E-state index contributed by atoms with van der Waals surface area (Å²) in [5.41, 5.74) is 1.27. The van der Waals surface area contributed by atoms with Crippen molar-refractivity contribution >= 4 is 23.3 Å². The first-order valence-corrected chi connectivity index (χ1v) is 6.26. The van der Waals surface area contributed by atoms with Crippen LogP contribution >= 0.6 is 12.2 Å². The third-order valence-corrected chi connectivity index (χ3v) is 3.60. The Morgan fingerprint density at radius 2 is 2.16 bits per heavy atom. The Hall–Kier alpha value is -1.82.